The Balaban J connectivity index is 3.84. The Morgan fingerprint density at radius 3 is 2.06 bits per heavy atom. The van der Waals surface area contributed by atoms with Crippen LogP contribution in [0.3, 0.4) is 0 Å². The lowest BCUT2D eigenvalue weighted by atomic mass is 10.6. The Labute approximate surface area is 106 Å². The van der Waals surface area contributed by atoms with Crippen LogP contribution in [0.4, 0.5) is 0 Å². The highest BCUT2D eigenvalue weighted by Crippen LogP contribution is 2.15. The fourth-order valence-corrected chi connectivity index (χ4v) is 5.79. The predicted octanol–water partition coefficient (Wildman–Crippen LogP) is 1.80. The molecule has 0 unspecified atom stereocenters. The molecule has 0 rings (SSSR count). The second kappa shape index (κ2) is 7.43. The summed E-state index contributed by atoms with van der Waals surface area (Å²) in [4.78, 5) is 4.73. The van der Waals surface area contributed by atoms with E-state index in [1.54, 1.807) is 0 Å². The SMILES string of the molecule is C=C[Si](C)(C)CCC[SiH2]C(N(C)C)N(C)C. The summed E-state index contributed by atoms with van der Waals surface area (Å²) in [6.45, 7) is 8.79. The van der Waals surface area contributed by atoms with Gasteiger partial charge in [0.05, 0.1) is 17.6 Å². The van der Waals surface area contributed by atoms with Crippen LogP contribution in [0.1, 0.15) is 6.42 Å². The Morgan fingerprint density at radius 1 is 1.19 bits per heavy atom. The number of hydrogen-bond acceptors (Lipinski definition) is 2. The summed E-state index contributed by atoms with van der Waals surface area (Å²) < 4.78 is 0. The molecule has 2 nitrogen and oxygen atoms in total. The fraction of sp³-hybridized carbons (Fsp3) is 0.833. The van der Waals surface area contributed by atoms with Crippen molar-refractivity contribution in [2.45, 2.75) is 37.4 Å². The molecule has 0 amide bonds. The molecule has 0 aliphatic carbocycles. The molecule has 0 atom stereocenters. The molecule has 0 aliphatic rings. The lowest BCUT2D eigenvalue weighted by molar-refractivity contribution is 0.200. The van der Waals surface area contributed by atoms with Crippen LogP contribution in [-0.2, 0) is 0 Å². The molecule has 0 fully saturated rings. The molecule has 0 aromatic carbocycles. The van der Waals surface area contributed by atoms with Gasteiger partial charge in [-0.1, -0.05) is 31.6 Å². The van der Waals surface area contributed by atoms with Gasteiger partial charge in [-0.2, -0.15) is 0 Å². The summed E-state index contributed by atoms with van der Waals surface area (Å²) in [5.74, 6) is 0.716. The first-order chi connectivity index (χ1) is 7.30. The molecule has 0 radical (unpaired) electrons. The highest BCUT2D eigenvalue weighted by atomic mass is 28.3. The Bertz CT molecular complexity index is 195. The third-order valence-corrected chi connectivity index (χ3v) is 8.91. The van der Waals surface area contributed by atoms with Gasteiger partial charge >= 0.3 is 0 Å². The smallest absolute Gasteiger partial charge is 0.0709 e. The topological polar surface area (TPSA) is 6.48 Å². The summed E-state index contributed by atoms with van der Waals surface area (Å²) in [6.07, 6.45) is 1.41. The summed E-state index contributed by atoms with van der Waals surface area (Å²) in [5, 5.41) is 0. The van der Waals surface area contributed by atoms with Crippen molar-refractivity contribution in [2.75, 3.05) is 28.2 Å². The first-order valence-electron chi connectivity index (χ1n) is 6.26. The maximum Gasteiger partial charge on any atom is 0.0709 e. The number of hydrogen-bond donors (Lipinski definition) is 0. The van der Waals surface area contributed by atoms with E-state index in [1.807, 2.05) is 0 Å². The largest absolute Gasteiger partial charge is 0.297 e. The predicted molar refractivity (Wildman–Crippen MR) is 81.6 cm³/mol. The maximum atomic E-state index is 3.96. The van der Waals surface area contributed by atoms with Crippen LogP contribution in [0.15, 0.2) is 12.3 Å². The second-order valence-electron chi connectivity index (χ2n) is 5.85. The molecule has 0 saturated heterocycles. The second-order valence-corrected chi connectivity index (χ2v) is 12.7. The molecule has 4 heteroatoms. The average molecular weight is 259 g/mol. The van der Waals surface area contributed by atoms with Crippen LogP contribution in [0.2, 0.25) is 25.2 Å². The van der Waals surface area contributed by atoms with E-state index in [4.69, 9.17) is 0 Å². The monoisotopic (exact) mass is 258 g/mol. The maximum absolute atomic E-state index is 3.96. The molecule has 0 spiro atoms. The lowest BCUT2D eigenvalue weighted by Crippen LogP contribution is -2.45. The minimum atomic E-state index is -1.04. The highest BCUT2D eigenvalue weighted by Gasteiger charge is 2.17. The zero-order valence-electron chi connectivity index (χ0n) is 12.1. The van der Waals surface area contributed by atoms with Gasteiger partial charge in [-0.25, -0.2) is 0 Å². The van der Waals surface area contributed by atoms with E-state index >= 15 is 0 Å². The average Bonchev–Trinajstić information content (AvgIpc) is 2.16. The minimum Gasteiger partial charge on any atom is -0.297 e. The quantitative estimate of drug-likeness (QED) is 0.372. The summed E-state index contributed by atoms with van der Waals surface area (Å²) in [7, 11) is 7.73. The van der Waals surface area contributed by atoms with Crippen molar-refractivity contribution in [1.82, 2.24) is 9.80 Å². The van der Waals surface area contributed by atoms with E-state index < -0.39 is 8.07 Å². The molecule has 0 heterocycles. The Hall–Kier alpha value is 0.0938. The molecule has 96 valence electrons. The van der Waals surface area contributed by atoms with Gasteiger partial charge < -0.3 is 0 Å². The van der Waals surface area contributed by atoms with Gasteiger partial charge in [0, 0.05) is 5.79 Å². The molecule has 0 aliphatic heterocycles. The van der Waals surface area contributed by atoms with Crippen molar-refractivity contribution in [1.29, 1.82) is 0 Å². The van der Waals surface area contributed by atoms with Crippen molar-refractivity contribution in [2.24, 2.45) is 0 Å². The van der Waals surface area contributed by atoms with Crippen molar-refractivity contribution >= 4 is 17.6 Å². The third kappa shape index (κ3) is 6.63. The third-order valence-electron chi connectivity index (χ3n) is 3.28. The van der Waals surface area contributed by atoms with Crippen LogP contribution < -0.4 is 0 Å². The van der Waals surface area contributed by atoms with E-state index in [1.165, 1.54) is 18.5 Å². The molecule has 0 aromatic heterocycles. The van der Waals surface area contributed by atoms with Gasteiger partial charge in [0.25, 0.3) is 0 Å². The fourth-order valence-electron chi connectivity index (χ4n) is 1.99. The van der Waals surface area contributed by atoms with Crippen molar-refractivity contribution in [3.8, 4) is 0 Å². The van der Waals surface area contributed by atoms with Crippen LogP contribution in [0.25, 0.3) is 0 Å². The lowest BCUT2D eigenvalue weighted by Gasteiger charge is -2.30. The van der Waals surface area contributed by atoms with Gasteiger partial charge in [0.2, 0.25) is 0 Å². The first-order valence-corrected chi connectivity index (χ1v) is 11.4. The molecule has 0 aromatic rings. The van der Waals surface area contributed by atoms with Crippen LogP contribution in [0, 0.1) is 0 Å². The Kier molecular flexibility index (Phi) is 7.47. The van der Waals surface area contributed by atoms with Gasteiger partial charge in [0.15, 0.2) is 0 Å². The van der Waals surface area contributed by atoms with Gasteiger partial charge in [-0.15, -0.1) is 12.3 Å². The van der Waals surface area contributed by atoms with Gasteiger partial charge in [-0.3, -0.25) is 9.80 Å². The van der Waals surface area contributed by atoms with Gasteiger partial charge in [0.1, 0.15) is 0 Å². The van der Waals surface area contributed by atoms with Crippen LogP contribution in [0.5, 0.6) is 0 Å². The van der Waals surface area contributed by atoms with E-state index in [-0.39, 0.29) is 9.52 Å². The summed E-state index contributed by atoms with van der Waals surface area (Å²) >= 11 is 0. The normalized spacial score (nSPS) is 13.6. The van der Waals surface area contributed by atoms with E-state index in [2.05, 4.69) is 63.4 Å². The molecule has 0 N–H and O–H groups in total. The zero-order chi connectivity index (χ0) is 12.8. The van der Waals surface area contributed by atoms with Crippen molar-refractivity contribution in [3.63, 3.8) is 0 Å². The number of rotatable bonds is 8. The van der Waals surface area contributed by atoms with E-state index in [9.17, 15) is 0 Å². The molecule has 0 saturated carbocycles. The number of nitrogens with zero attached hydrogens (tertiary/aromatic N) is 2. The van der Waals surface area contributed by atoms with Crippen LogP contribution >= 0.6 is 0 Å². The zero-order valence-corrected chi connectivity index (χ0v) is 14.5. The summed E-state index contributed by atoms with van der Waals surface area (Å²) in [6, 6.07) is 2.88. The van der Waals surface area contributed by atoms with Crippen molar-refractivity contribution < 1.29 is 0 Å². The van der Waals surface area contributed by atoms with E-state index in [0.29, 0.717) is 5.79 Å². The first kappa shape index (κ1) is 16.1. The highest BCUT2D eigenvalue weighted by molar-refractivity contribution is 6.82. The standard InChI is InChI=1S/C12H30N2Si2/c1-8-16(6,7)11-9-10-15-12(13(2)3)14(4)5/h8,12H,1,9-11,15H2,2-7H3. The van der Waals surface area contributed by atoms with Crippen molar-refractivity contribution in [3.05, 3.63) is 12.3 Å². The molecular weight excluding hydrogens is 228 g/mol. The minimum absolute atomic E-state index is 0.00649. The van der Waals surface area contributed by atoms with Crippen LogP contribution in [-0.4, -0.2) is 61.4 Å². The molecular formula is C12H30N2Si2. The summed E-state index contributed by atoms with van der Waals surface area (Å²) in [5.41, 5.74) is 2.23. The van der Waals surface area contributed by atoms with Gasteiger partial charge in [-0.05, 0) is 28.2 Å². The molecule has 16 heavy (non-hydrogen) atoms. The molecule has 0 bridgehead atoms. The Morgan fingerprint density at radius 2 is 1.69 bits per heavy atom. The van der Waals surface area contributed by atoms with E-state index in [0.717, 1.165) is 0 Å².